The van der Waals surface area contributed by atoms with Crippen LogP contribution in [0.3, 0.4) is 0 Å². The zero-order valence-corrected chi connectivity index (χ0v) is 28.6. The van der Waals surface area contributed by atoms with Gasteiger partial charge in [0.25, 0.3) is 0 Å². The number of aryl methyl sites for hydroxylation is 1. The minimum atomic E-state index is -1.10. The first-order valence-corrected chi connectivity index (χ1v) is 16.2. The summed E-state index contributed by atoms with van der Waals surface area (Å²) in [7, 11) is 3.70. The number of thiophene rings is 1. The molecular formula is C31H45N9O5S. The monoisotopic (exact) mass is 655 g/mol. The summed E-state index contributed by atoms with van der Waals surface area (Å²) in [6.07, 6.45) is 2.40. The molecule has 2 aromatic rings. The SMILES string of the molecule is C[C@H]1CN(C)CCCN1c1nc(OCCN(C)C(=O)OC(C)(C)C)cc(/C(N)=N/OC(=O)[C@@]2(C)CCCc3sc(N)c(C#N)c32)n1. The van der Waals surface area contributed by atoms with E-state index in [-0.39, 0.29) is 36.6 Å². The van der Waals surface area contributed by atoms with Crippen molar-refractivity contribution in [3.63, 3.8) is 0 Å². The van der Waals surface area contributed by atoms with Gasteiger partial charge in [0.05, 0.1) is 17.5 Å². The number of amidine groups is 1. The van der Waals surface area contributed by atoms with Gasteiger partial charge >= 0.3 is 12.1 Å². The summed E-state index contributed by atoms with van der Waals surface area (Å²) in [5.41, 5.74) is 11.9. The Kier molecular flexibility index (Phi) is 10.6. The molecule has 1 aliphatic carbocycles. The van der Waals surface area contributed by atoms with Crippen LogP contribution in [-0.2, 0) is 26.2 Å². The highest BCUT2D eigenvalue weighted by Crippen LogP contribution is 2.46. The van der Waals surface area contributed by atoms with Gasteiger partial charge in [-0.3, -0.25) is 0 Å². The maximum Gasteiger partial charge on any atom is 0.410 e. The number of nitrogen functional groups attached to an aromatic ring is 1. The van der Waals surface area contributed by atoms with Crippen molar-refractivity contribution >= 4 is 40.2 Å². The summed E-state index contributed by atoms with van der Waals surface area (Å²) in [6, 6.07) is 3.76. The van der Waals surface area contributed by atoms with Crippen molar-refractivity contribution in [1.29, 1.82) is 5.26 Å². The first-order chi connectivity index (χ1) is 21.6. The number of amides is 1. The van der Waals surface area contributed by atoms with Crippen molar-refractivity contribution in [2.75, 3.05) is 57.5 Å². The van der Waals surface area contributed by atoms with Gasteiger partial charge in [0.1, 0.15) is 29.0 Å². The molecule has 250 valence electrons. The number of nitrogens with two attached hydrogens (primary N) is 2. The van der Waals surface area contributed by atoms with Crippen molar-refractivity contribution < 1.29 is 23.9 Å². The van der Waals surface area contributed by atoms with Gasteiger partial charge in [-0.05, 0) is 73.9 Å². The van der Waals surface area contributed by atoms with Crippen LogP contribution in [0.4, 0.5) is 15.7 Å². The Morgan fingerprint density at radius 3 is 2.72 bits per heavy atom. The lowest BCUT2D eigenvalue weighted by molar-refractivity contribution is -0.150. The van der Waals surface area contributed by atoms with Crippen LogP contribution >= 0.6 is 11.3 Å². The van der Waals surface area contributed by atoms with Gasteiger partial charge in [-0.25, -0.2) is 14.6 Å². The van der Waals surface area contributed by atoms with Crippen molar-refractivity contribution in [3.05, 3.63) is 27.8 Å². The summed E-state index contributed by atoms with van der Waals surface area (Å²) in [5.74, 6) is -0.150. The highest BCUT2D eigenvalue weighted by molar-refractivity contribution is 7.16. The molecule has 0 unspecified atom stereocenters. The lowest BCUT2D eigenvalue weighted by Gasteiger charge is -2.30. The number of hydrogen-bond donors (Lipinski definition) is 2. The number of hydrogen-bond acceptors (Lipinski definition) is 13. The molecule has 0 spiro atoms. The van der Waals surface area contributed by atoms with E-state index in [1.54, 1.807) is 34.7 Å². The van der Waals surface area contributed by atoms with Crippen LogP contribution < -0.4 is 21.1 Å². The largest absolute Gasteiger partial charge is 0.476 e. The van der Waals surface area contributed by atoms with Crippen LogP contribution in [0.5, 0.6) is 5.88 Å². The van der Waals surface area contributed by atoms with E-state index in [0.29, 0.717) is 35.0 Å². The van der Waals surface area contributed by atoms with E-state index in [0.717, 1.165) is 37.2 Å². The summed E-state index contributed by atoms with van der Waals surface area (Å²) >= 11 is 1.33. The van der Waals surface area contributed by atoms with E-state index in [2.05, 4.69) is 45.0 Å². The number of likely N-dealkylation sites (N-methyl/N-ethyl adjacent to an activating group) is 2. The van der Waals surface area contributed by atoms with E-state index in [1.165, 1.54) is 22.3 Å². The summed E-state index contributed by atoms with van der Waals surface area (Å²) < 4.78 is 11.4. The van der Waals surface area contributed by atoms with Gasteiger partial charge in [-0.2, -0.15) is 10.2 Å². The van der Waals surface area contributed by atoms with E-state index in [9.17, 15) is 14.9 Å². The van der Waals surface area contributed by atoms with Crippen molar-refractivity contribution in [3.8, 4) is 11.9 Å². The van der Waals surface area contributed by atoms with Crippen LogP contribution in [0.1, 0.15) is 75.6 Å². The normalized spacial score (nSPS) is 20.7. The molecular weight excluding hydrogens is 610 g/mol. The van der Waals surface area contributed by atoms with Crippen molar-refractivity contribution in [2.45, 2.75) is 77.4 Å². The zero-order valence-electron chi connectivity index (χ0n) is 27.8. The van der Waals surface area contributed by atoms with Crippen molar-refractivity contribution in [2.24, 2.45) is 10.9 Å². The molecule has 1 saturated heterocycles. The second kappa shape index (κ2) is 14.1. The van der Waals surface area contributed by atoms with Crippen LogP contribution in [0.15, 0.2) is 11.2 Å². The highest BCUT2D eigenvalue weighted by Gasteiger charge is 2.45. The molecule has 46 heavy (non-hydrogen) atoms. The minimum absolute atomic E-state index is 0.0951. The molecule has 0 radical (unpaired) electrons. The van der Waals surface area contributed by atoms with Gasteiger partial charge in [-0.1, -0.05) is 5.16 Å². The first kappa shape index (κ1) is 34.7. The Balaban J connectivity index is 1.58. The quantitative estimate of drug-likeness (QED) is 0.183. The number of nitrogens with zero attached hydrogens (tertiary/aromatic N) is 7. The van der Waals surface area contributed by atoms with Gasteiger partial charge in [0.15, 0.2) is 5.84 Å². The average molecular weight is 656 g/mol. The lowest BCUT2D eigenvalue weighted by Crippen LogP contribution is -2.39. The molecule has 1 aliphatic heterocycles. The molecule has 2 aromatic heterocycles. The molecule has 0 aromatic carbocycles. The topological polar surface area (TPSA) is 186 Å². The molecule has 0 bridgehead atoms. The van der Waals surface area contributed by atoms with E-state index in [4.69, 9.17) is 25.8 Å². The molecule has 2 atom stereocenters. The Bertz CT molecular complexity index is 1510. The number of fused-ring (bicyclic) bond motifs is 1. The van der Waals surface area contributed by atoms with Gasteiger partial charge in [0, 0.05) is 42.7 Å². The summed E-state index contributed by atoms with van der Waals surface area (Å²) in [6.45, 7) is 12.1. The molecule has 4 N–H and O–H groups in total. The smallest absolute Gasteiger partial charge is 0.410 e. The number of carbonyl (C=O) groups excluding carboxylic acids is 2. The van der Waals surface area contributed by atoms with Gasteiger partial charge in [0.2, 0.25) is 11.8 Å². The standard InChI is InChI=1S/C31H45N9O5S/c1-19-18-38(6)12-9-13-40(19)28-35-21(16-23(36-28)43-15-14-39(7)29(42)44-30(2,3)4)25(33)37-45-27(41)31(5)11-8-10-22-24(31)20(17-32)26(34)46-22/h16,19H,8-15,18,34H2,1-7H3,(H2,33,37)/t19-,31-/m0/s1. The molecule has 14 nitrogen and oxygen atoms in total. The maximum absolute atomic E-state index is 13.5. The van der Waals surface area contributed by atoms with Gasteiger partial charge < -0.3 is 40.5 Å². The fraction of sp³-hybridized carbons (Fsp3) is 0.613. The number of anilines is 2. The van der Waals surface area contributed by atoms with Crippen molar-refractivity contribution in [1.82, 2.24) is 19.8 Å². The number of oxime groups is 1. The Labute approximate surface area is 274 Å². The van der Waals surface area contributed by atoms with Crippen LogP contribution in [0.25, 0.3) is 0 Å². The number of carbonyl (C=O) groups is 2. The van der Waals surface area contributed by atoms with Gasteiger partial charge in [-0.15, -0.1) is 11.3 Å². The first-order valence-electron chi connectivity index (χ1n) is 15.4. The molecule has 4 rings (SSSR count). The predicted molar refractivity (Wildman–Crippen MR) is 176 cm³/mol. The fourth-order valence-corrected chi connectivity index (χ4v) is 6.86. The zero-order chi connectivity index (χ0) is 33.8. The van der Waals surface area contributed by atoms with E-state index < -0.39 is 23.1 Å². The number of aromatic nitrogens is 2. The molecule has 0 saturated carbocycles. The number of ether oxygens (including phenoxy) is 2. The molecule has 15 heteroatoms. The molecule has 2 aliphatic rings. The van der Waals surface area contributed by atoms with Crippen LogP contribution in [-0.4, -0.2) is 96.2 Å². The third-order valence-corrected chi connectivity index (χ3v) is 9.15. The minimum Gasteiger partial charge on any atom is -0.476 e. The average Bonchev–Trinajstić information content (AvgIpc) is 3.22. The molecule has 1 amide bonds. The predicted octanol–water partition coefficient (Wildman–Crippen LogP) is 3.23. The summed E-state index contributed by atoms with van der Waals surface area (Å²) in [5, 5.41) is 14.1. The third-order valence-electron chi connectivity index (χ3n) is 8.07. The van der Waals surface area contributed by atoms with Crippen LogP contribution in [0, 0.1) is 11.3 Å². The molecule has 1 fully saturated rings. The summed E-state index contributed by atoms with van der Waals surface area (Å²) in [4.78, 5) is 47.3. The second-order valence-electron chi connectivity index (χ2n) is 13.1. The van der Waals surface area contributed by atoms with E-state index in [1.807, 2.05) is 0 Å². The number of nitriles is 1. The molecule has 3 heterocycles. The third kappa shape index (κ3) is 7.97. The fourth-order valence-electron chi connectivity index (χ4n) is 5.67. The van der Waals surface area contributed by atoms with E-state index >= 15 is 0 Å². The maximum atomic E-state index is 13.5. The van der Waals surface area contributed by atoms with Crippen LogP contribution in [0.2, 0.25) is 0 Å². The Morgan fingerprint density at radius 1 is 1.28 bits per heavy atom. The Morgan fingerprint density at radius 2 is 2.02 bits per heavy atom. The Hall–Kier alpha value is -4.16. The lowest BCUT2D eigenvalue weighted by atomic mass is 9.72. The number of rotatable bonds is 8. The second-order valence-corrected chi connectivity index (χ2v) is 14.2. The highest BCUT2D eigenvalue weighted by atomic mass is 32.1.